The minimum absolute atomic E-state index is 0.0946. The lowest BCUT2D eigenvalue weighted by atomic mass is 10.3. The molecule has 0 aliphatic heterocycles. The second-order valence-corrected chi connectivity index (χ2v) is 3.89. The topological polar surface area (TPSA) is 72.0 Å². The Bertz CT molecular complexity index is 560. The molecule has 6 heteroatoms. The summed E-state index contributed by atoms with van der Waals surface area (Å²) in [4.78, 5) is 30.1. The highest BCUT2D eigenvalue weighted by molar-refractivity contribution is 7.13. The largest absolute Gasteiger partial charge is 0.465 e. The van der Waals surface area contributed by atoms with Crippen LogP contribution in [0.25, 0.3) is 10.7 Å². The van der Waals surface area contributed by atoms with Crippen molar-refractivity contribution in [3.8, 4) is 10.7 Å². The zero-order valence-corrected chi connectivity index (χ0v) is 9.21. The SMILES string of the molecule is COC(=O)c1cnc(-c2cccs2)[nH]c1=O. The fourth-order valence-corrected chi connectivity index (χ4v) is 1.86. The number of carbonyl (C=O) groups is 1. The van der Waals surface area contributed by atoms with E-state index in [2.05, 4.69) is 14.7 Å². The second-order valence-electron chi connectivity index (χ2n) is 2.94. The molecule has 16 heavy (non-hydrogen) atoms. The van der Waals surface area contributed by atoms with Gasteiger partial charge in [-0.05, 0) is 11.4 Å². The van der Waals surface area contributed by atoms with E-state index < -0.39 is 11.5 Å². The van der Waals surface area contributed by atoms with Crippen molar-refractivity contribution in [2.75, 3.05) is 7.11 Å². The maximum atomic E-state index is 11.5. The van der Waals surface area contributed by atoms with Gasteiger partial charge >= 0.3 is 5.97 Å². The summed E-state index contributed by atoms with van der Waals surface area (Å²) in [6.45, 7) is 0. The van der Waals surface area contributed by atoms with Gasteiger partial charge in [-0.1, -0.05) is 6.07 Å². The van der Waals surface area contributed by atoms with Crippen LogP contribution in [0.2, 0.25) is 0 Å². The number of nitrogens with one attached hydrogen (secondary N) is 1. The van der Waals surface area contributed by atoms with Gasteiger partial charge in [0, 0.05) is 6.20 Å². The molecule has 0 bridgehead atoms. The summed E-state index contributed by atoms with van der Waals surface area (Å²) in [6, 6.07) is 3.69. The zero-order valence-electron chi connectivity index (χ0n) is 8.39. The summed E-state index contributed by atoms with van der Waals surface area (Å²) in [5.41, 5.74) is -0.590. The van der Waals surface area contributed by atoms with Crippen LogP contribution in [0.1, 0.15) is 10.4 Å². The smallest absolute Gasteiger partial charge is 0.345 e. The van der Waals surface area contributed by atoms with Crippen molar-refractivity contribution in [1.82, 2.24) is 9.97 Å². The molecular weight excluding hydrogens is 228 g/mol. The molecule has 0 unspecified atom stereocenters. The first kappa shape index (κ1) is 10.6. The Morgan fingerprint density at radius 1 is 1.56 bits per heavy atom. The quantitative estimate of drug-likeness (QED) is 0.797. The van der Waals surface area contributed by atoms with Gasteiger partial charge in [0.2, 0.25) is 0 Å². The lowest BCUT2D eigenvalue weighted by Gasteiger charge is -1.99. The Morgan fingerprint density at radius 3 is 2.94 bits per heavy atom. The number of hydrogen-bond donors (Lipinski definition) is 1. The molecule has 2 aromatic heterocycles. The maximum Gasteiger partial charge on any atom is 0.345 e. The number of aromatic nitrogens is 2. The molecule has 82 valence electrons. The van der Waals surface area contributed by atoms with Crippen molar-refractivity contribution in [3.05, 3.63) is 39.6 Å². The first-order valence-corrected chi connectivity index (χ1v) is 5.32. The van der Waals surface area contributed by atoms with E-state index in [-0.39, 0.29) is 5.56 Å². The lowest BCUT2D eigenvalue weighted by molar-refractivity contribution is 0.0598. The van der Waals surface area contributed by atoms with Crippen molar-refractivity contribution in [2.45, 2.75) is 0 Å². The van der Waals surface area contributed by atoms with Crippen molar-refractivity contribution in [2.24, 2.45) is 0 Å². The van der Waals surface area contributed by atoms with E-state index in [1.165, 1.54) is 24.6 Å². The Hall–Kier alpha value is -1.95. The monoisotopic (exact) mass is 236 g/mol. The molecule has 2 aromatic rings. The third-order valence-electron chi connectivity index (χ3n) is 1.96. The van der Waals surface area contributed by atoms with E-state index in [1.807, 2.05) is 17.5 Å². The van der Waals surface area contributed by atoms with Gasteiger partial charge < -0.3 is 9.72 Å². The molecule has 1 N–H and O–H groups in total. The number of nitrogens with zero attached hydrogens (tertiary/aromatic N) is 1. The number of H-pyrrole nitrogens is 1. The van der Waals surface area contributed by atoms with E-state index in [4.69, 9.17) is 0 Å². The molecule has 0 fully saturated rings. The molecule has 0 aliphatic carbocycles. The summed E-state index contributed by atoms with van der Waals surface area (Å²) in [5, 5.41) is 1.88. The Labute approximate surface area is 94.7 Å². The molecule has 0 radical (unpaired) electrons. The van der Waals surface area contributed by atoms with E-state index >= 15 is 0 Å². The van der Waals surface area contributed by atoms with Crippen molar-refractivity contribution < 1.29 is 9.53 Å². The molecule has 2 rings (SSSR count). The van der Waals surface area contributed by atoms with Gasteiger partial charge in [0.1, 0.15) is 11.4 Å². The Balaban J connectivity index is 2.45. The number of methoxy groups -OCH3 is 1. The van der Waals surface area contributed by atoms with Crippen molar-refractivity contribution >= 4 is 17.3 Å². The molecule has 5 nitrogen and oxygen atoms in total. The van der Waals surface area contributed by atoms with Gasteiger partial charge in [-0.25, -0.2) is 9.78 Å². The molecule has 0 atom stereocenters. The van der Waals surface area contributed by atoms with Crippen LogP contribution >= 0.6 is 11.3 Å². The highest BCUT2D eigenvalue weighted by Gasteiger charge is 2.12. The minimum Gasteiger partial charge on any atom is -0.465 e. The molecule has 2 heterocycles. The van der Waals surface area contributed by atoms with Crippen LogP contribution in [0, 0.1) is 0 Å². The van der Waals surface area contributed by atoms with E-state index in [9.17, 15) is 9.59 Å². The van der Waals surface area contributed by atoms with Crippen LogP contribution in [0.4, 0.5) is 0 Å². The van der Waals surface area contributed by atoms with Gasteiger partial charge in [0.05, 0.1) is 12.0 Å². The fourth-order valence-electron chi connectivity index (χ4n) is 1.19. The van der Waals surface area contributed by atoms with Gasteiger partial charge in [-0.2, -0.15) is 0 Å². The second kappa shape index (κ2) is 4.28. The molecule has 0 spiro atoms. The standard InChI is InChI=1S/C10H8N2O3S/c1-15-10(14)6-5-11-8(12-9(6)13)7-3-2-4-16-7/h2-5H,1H3,(H,11,12,13). The summed E-state index contributed by atoms with van der Waals surface area (Å²) in [6.07, 6.45) is 1.22. The zero-order chi connectivity index (χ0) is 11.5. The number of carbonyl (C=O) groups excluding carboxylic acids is 1. The average Bonchev–Trinajstić information content (AvgIpc) is 2.81. The first-order valence-electron chi connectivity index (χ1n) is 4.44. The predicted octanol–water partition coefficient (Wildman–Crippen LogP) is 1.28. The fraction of sp³-hybridized carbons (Fsp3) is 0.100. The van der Waals surface area contributed by atoms with E-state index in [1.54, 1.807) is 0 Å². The number of thiophene rings is 1. The molecule has 0 aromatic carbocycles. The number of aromatic amines is 1. The van der Waals surface area contributed by atoms with Crippen LogP contribution in [0.3, 0.4) is 0 Å². The summed E-state index contributed by atoms with van der Waals surface area (Å²) in [5.74, 6) is -0.237. The summed E-state index contributed by atoms with van der Waals surface area (Å²) in [7, 11) is 1.22. The van der Waals surface area contributed by atoms with Crippen molar-refractivity contribution in [3.63, 3.8) is 0 Å². The average molecular weight is 236 g/mol. The van der Waals surface area contributed by atoms with Gasteiger partial charge in [0.25, 0.3) is 5.56 Å². The van der Waals surface area contributed by atoms with E-state index in [0.717, 1.165) is 4.88 Å². The molecule has 0 saturated carbocycles. The summed E-state index contributed by atoms with van der Waals surface area (Å²) >= 11 is 1.46. The number of hydrogen-bond acceptors (Lipinski definition) is 5. The third kappa shape index (κ3) is 1.87. The Morgan fingerprint density at radius 2 is 2.38 bits per heavy atom. The third-order valence-corrected chi connectivity index (χ3v) is 2.84. The van der Waals surface area contributed by atoms with Crippen LogP contribution < -0.4 is 5.56 Å². The number of rotatable bonds is 2. The molecule has 0 aliphatic rings. The molecule has 0 saturated heterocycles. The van der Waals surface area contributed by atoms with Crippen LogP contribution in [0.15, 0.2) is 28.5 Å². The number of ether oxygens (including phenoxy) is 1. The first-order chi connectivity index (χ1) is 7.72. The highest BCUT2D eigenvalue weighted by atomic mass is 32.1. The summed E-state index contributed by atoms with van der Waals surface area (Å²) < 4.78 is 4.45. The highest BCUT2D eigenvalue weighted by Crippen LogP contribution is 2.19. The lowest BCUT2D eigenvalue weighted by Crippen LogP contribution is -2.19. The maximum absolute atomic E-state index is 11.5. The van der Waals surface area contributed by atoms with Crippen LogP contribution in [-0.2, 0) is 4.74 Å². The molecule has 0 amide bonds. The van der Waals surface area contributed by atoms with Gasteiger partial charge in [-0.3, -0.25) is 4.79 Å². The van der Waals surface area contributed by atoms with Crippen LogP contribution in [0.5, 0.6) is 0 Å². The Kier molecular flexibility index (Phi) is 2.82. The normalized spacial score (nSPS) is 10.1. The minimum atomic E-state index is -0.688. The van der Waals surface area contributed by atoms with Crippen LogP contribution in [-0.4, -0.2) is 23.0 Å². The van der Waals surface area contributed by atoms with Crippen molar-refractivity contribution in [1.29, 1.82) is 0 Å². The number of esters is 1. The molecular formula is C10H8N2O3S. The van der Waals surface area contributed by atoms with E-state index in [0.29, 0.717) is 5.82 Å². The van der Waals surface area contributed by atoms with Gasteiger partial charge in [0.15, 0.2) is 0 Å². The van der Waals surface area contributed by atoms with Gasteiger partial charge in [-0.15, -0.1) is 11.3 Å². The predicted molar refractivity (Wildman–Crippen MR) is 59.5 cm³/mol.